The molecule has 0 aliphatic carbocycles. The van der Waals surface area contributed by atoms with Crippen molar-refractivity contribution in [1.82, 2.24) is 10.2 Å². The number of ether oxygens (including phenoxy) is 1. The van der Waals surface area contributed by atoms with Gasteiger partial charge in [-0.25, -0.2) is 13.6 Å². The third-order valence-electron chi connectivity index (χ3n) is 3.21. The van der Waals surface area contributed by atoms with E-state index in [2.05, 4.69) is 5.32 Å². The average molecular weight is 292 g/mol. The molecule has 1 aliphatic heterocycles. The van der Waals surface area contributed by atoms with Gasteiger partial charge in [-0.2, -0.15) is 0 Å². The van der Waals surface area contributed by atoms with Crippen LogP contribution < -0.4 is 5.32 Å². The highest BCUT2D eigenvalue weighted by Crippen LogP contribution is 2.26. The van der Waals surface area contributed by atoms with Crippen LogP contribution in [-0.2, 0) is 9.53 Å². The van der Waals surface area contributed by atoms with Crippen molar-refractivity contribution >= 4 is 11.8 Å². The summed E-state index contributed by atoms with van der Waals surface area (Å²) in [5.74, 6) is -3.40. The topological polar surface area (TPSA) is 58.6 Å². The minimum Gasteiger partial charge on any atom is -0.378 e. The zero-order chi connectivity index (χ0) is 15.2. The molecule has 1 rings (SSSR count). The summed E-state index contributed by atoms with van der Waals surface area (Å²) in [5.41, 5.74) is 0. The van der Waals surface area contributed by atoms with Crippen molar-refractivity contribution in [2.75, 3.05) is 26.3 Å². The van der Waals surface area contributed by atoms with Gasteiger partial charge >= 0.3 is 6.03 Å². The van der Waals surface area contributed by atoms with Crippen LogP contribution in [0.25, 0.3) is 0 Å². The number of urea groups is 1. The molecule has 0 aromatic heterocycles. The zero-order valence-corrected chi connectivity index (χ0v) is 12.0. The Morgan fingerprint density at radius 1 is 1.35 bits per heavy atom. The molecule has 7 heteroatoms. The van der Waals surface area contributed by atoms with Crippen molar-refractivity contribution in [1.29, 1.82) is 0 Å². The van der Waals surface area contributed by atoms with Crippen LogP contribution in [0.15, 0.2) is 0 Å². The standard InChI is InChI=1S/C13H22F2N2O3/c1-3-4-13(14,15)9-11(10(2)18)16-12(19)17-5-7-20-8-6-17/h11H,3-9H2,1-2H3,(H,16,19)/t11-/m0/s1. The maximum absolute atomic E-state index is 13.6. The number of halogens is 2. The number of amides is 2. The minimum atomic E-state index is -2.94. The Bertz CT molecular complexity index is 345. The third-order valence-corrected chi connectivity index (χ3v) is 3.21. The highest BCUT2D eigenvalue weighted by atomic mass is 19.3. The molecule has 2 amide bonds. The molecule has 0 radical (unpaired) electrons. The van der Waals surface area contributed by atoms with Crippen molar-refractivity contribution in [3.05, 3.63) is 0 Å². The van der Waals surface area contributed by atoms with Crippen molar-refractivity contribution < 1.29 is 23.1 Å². The lowest BCUT2D eigenvalue weighted by molar-refractivity contribution is -0.121. The molecule has 1 atom stereocenters. The summed E-state index contributed by atoms with van der Waals surface area (Å²) in [6.07, 6.45) is -0.606. The van der Waals surface area contributed by atoms with Crippen molar-refractivity contribution in [3.63, 3.8) is 0 Å². The number of rotatable bonds is 6. The van der Waals surface area contributed by atoms with Crippen LogP contribution in [0.1, 0.15) is 33.1 Å². The zero-order valence-electron chi connectivity index (χ0n) is 12.0. The van der Waals surface area contributed by atoms with E-state index in [1.807, 2.05) is 0 Å². The fourth-order valence-corrected chi connectivity index (χ4v) is 2.07. The van der Waals surface area contributed by atoms with E-state index >= 15 is 0 Å². The molecule has 20 heavy (non-hydrogen) atoms. The third kappa shape index (κ3) is 5.40. The summed E-state index contributed by atoms with van der Waals surface area (Å²) in [5, 5.41) is 2.40. The molecule has 116 valence electrons. The van der Waals surface area contributed by atoms with Gasteiger partial charge in [0, 0.05) is 25.9 Å². The molecule has 0 saturated carbocycles. The molecule has 5 nitrogen and oxygen atoms in total. The number of Topliss-reactive ketones (excluding diaryl/α,β-unsaturated/α-hetero) is 1. The minimum absolute atomic E-state index is 0.287. The fourth-order valence-electron chi connectivity index (χ4n) is 2.07. The average Bonchev–Trinajstić information content (AvgIpc) is 2.38. The Labute approximate surface area is 117 Å². The summed E-state index contributed by atoms with van der Waals surface area (Å²) in [4.78, 5) is 24.8. The van der Waals surface area contributed by atoms with Crippen LogP contribution >= 0.6 is 0 Å². The molecule has 1 heterocycles. The van der Waals surface area contributed by atoms with Gasteiger partial charge in [0.2, 0.25) is 0 Å². The van der Waals surface area contributed by atoms with E-state index in [0.29, 0.717) is 32.7 Å². The number of alkyl halides is 2. The smallest absolute Gasteiger partial charge is 0.318 e. The lowest BCUT2D eigenvalue weighted by Crippen LogP contribution is -2.52. The first kappa shape index (κ1) is 16.8. The largest absolute Gasteiger partial charge is 0.378 e. The molecule has 1 aliphatic rings. The molecule has 1 fully saturated rings. The lowest BCUT2D eigenvalue weighted by Gasteiger charge is -2.29. The second-order valence-corrected chi connectivity index (χ2v) is 5.02. The highest BCUT2D eigenvalue weighted by Gasteiger charge is 2.35. The Balaban J connectivity index is 2.58. The van der Waals surface area contributed by atoms with Crippen LogP contribution in [0.2, 0.25) is 0 Å². The maximum Gasteiger partial charge on any atom is 0.318 e. The normalized spacial score (nSPS) is 17.7. The van der Waals surface area contributed by atoms with Crippen molar-refractivity contribution in [3.8, 4) is 0 Å². The van der Waals surface area contributed by atoms with E-state index in [1.54, 1.807) is 6.92 Å². The number of nitrogens with one attached hydrogen (secondary N) is 1. The van der Waals surface area contributed by atoms with Crippen LogP contribution in [-0.4, -0.2) is 55.0 Å². The number of carbonyl (C=O) groups is 2. The van der Waals surface area contributed by atoms with E-state index in [-0.39, 0.29) is 6.42 Å². The van der Waals surface area contributed by atoms with Gasteiger partial charge in [0.15, 0.2) is 5.78 Å². The Morgan fingerprint density at radius 3 is 2.45 bits per heavy atom. The van der Waals surface area contributed by atoms with Crippen LogP contribution in [0, 0.1) is 0 Å². The second kappa shape index (κ2) is 7.52. The van der Waals surface area contributed by atoms with Gasteiger partial charge in [-0.05, 0) is 6.92 Å². The fraction of sp³-hybridized carbons (Fsp3) is 0.846. The first-order valence-electron chi connectivity index (χ1n) is 6.87. The molecule has 1 saturated heterocycles. The van der Waals surface area contributed by atoms with Gasteiger partial charge in [0.1, 0.15) is 0 Å². The van der Waals surface area contributed by atoms with Gasteiger partial charge in [-0.3, -0.25) is 4.79 Å². The number of hydrogen-bond donors (Lipinski definition) is 1. The van der Waals surface area contributed by atoms with Crippen LogP contribution in [0.3, 0.4) is 0 Å². The maximum atomic E-state index is 13.6. The SMILES string of the molecule is CCCC(F)(F)C[C@H](NC(=O)N1CCOCC1)C(C)=O. The van der Waals surface area contributed by atoms with Gasteiger partial charge in [-0.15, -0.1) is 0 Å². The van der Waals surface area contributed by atoms with E-state index in [9.17, 15) is 18.4 Å². The van der Waals surface area contributed by atoms with E-state index in [1.165, 1.54) is 11.8 Å². The quantitative estimate of drug-likeness (QED) is 0.812. The Hall–Kier alpha value is -1.24. The Kier molecular flexibility index (Phi) is 6.32. The first-order valence-corrected chi connectivity index (χ1v) is 6.87. The summed E-state index contributed by atoms with van der Waals surface area (Å²) in [6.45, 7) is 4.52. The summed E-state index contributed by atoms with van der Waals surface area (Å²) in [6, 6.07) is -1.63. The summed E-state index contributed by atoms with van der Waals surface area (Å²) >= 11 is 0. The highest BCUT2D eigenvalue weighted by molar-refractivity contribution is 5.86. The molecular weight excluding hydrogens is 270 g/mol. The van der Waals surface area contributed by atoms with Crippen LogP contribution in [0.4, 0.5) is 13.6 Å². The van der Waals surface area contributed by atoms with Crippen LogP contribution in [0.5, 0.6) is 0 Å². The van der Waals surface area contributed by atoms with E-state index in [4.69, 9.17) is 4.74 Å². The predicted molar refractivity (Wildman–Crippen MR) is 69.9 cm³/mol. The van der Waals surface area contributed by atoms with Gasteiger partial charge in [-0.1, -0.05) is 13.3 Å². The number of ketones is 1. The molecule has 0 bridgehead atoms. The Morgan fingerprint density at radius 2 is 1.95 bits per heavy atom. The number of hydrogen-bond acceptors (Lipinski definition) is 3. The van der Waals surface area contributed by atoms with Gasteiger partial charge < -0.3 is 15.0 Å². The predicted octanol–water partition coefficient (Wildman–Crippen LogP) is 1.81. The lowest BCUT2D eigenvalue weighted by atomic mass is 10.0. The molecule has 0 aromatic rings. The second-order valence-electron chi connectivity index (χ2n) is 5.02. The molecule has 0 spiro atoms. The first-order chi connectivity index (χ1) is 9.35. The number of morpholine rings is 1. The molecule has 1 N–H and O–H groups in total. The van der Waals surface area contributed by atoms with Gasteiger partial charge in [0.25, 0.3) is 5.92 Å². The molecular formula is C13H22F2N2O3. The monoisotopic (exact) mass is 292 g/mol. The number of carbonyl (C=O) groups excluding carboxylic acids is 2. The molecule has 0 unspecified atom stereocenters. The van der Waals surface area contributed by atoms with E-state index in [0.717, 1.165) is 0 Å². The summed E-state index contributed by atoms with van der Waals surface area (Å²) < 4.78 is 32.3. The van der Waals surface area contributed by atoms with E-state index < -0.39 is 30.2 Å². The molecule has 0 aromatic carbocycles. The van der Waals surface area contributed by atoms with Gasteiger partial charge in [0.05, 0.1) is 19.3 Å². The summed E-state index contributed by atoms with van der Waals surface area (Å²) in [7, 11) is 0. The van der Waals surface area contributed by atoms with Crippen molar-refractivity contribution in [2.24, 2.45) is 0 Å². The number of nitrogens with zero attached hydrogens (tertiary/aromatic N) is 1. The van der Waals surface area contributed by atoms with Crippen molar-refractivity contribution in [2.45, 2.75) is 45.1 Å².